The van der Waals surface area contributed by atoms with Crippen LogP contribution in [0.3, 0.4) is 0 Å². The van der Waals surface area contributed by atoms with E-state index in [2.05, 4.69) is 32.5 Å². The first-order valence-electron chi connectivity index (χ1n) is 7.02. The van der Waals surface area contributed by atoms with Crippen molar-refractivity contribution in [3.63, 3.8) is 0 Å². The third-order valence-corrected chi connectivity index (χ3v) is 3.13. The van der Waals surface area contributed by atoms with Gasteiger partial charge in [0, 0.05) is 25.5 Å². The molecule has 2 heterocycles. The summed E-state index contributed by atoms with van der Waals surface area (Å²) in [7, 11) is 1.62. The Morgan fingerprint density at radius 2 is 1.95 bits per heavy atom. The zero-order chi connectivity index (χ0) is 15.1. The average Bonchev–Trinajstić information content (AvgIpc) is 2.52. The highest BCUT2D eigenvalue weighted by Gasteiger charge is 2.11. The van der Waals surface area contributed by atoms with Gasteiger partial charge in [-0.05, 0) is 30.5 Å². The van der Waals surface area contributed by atoms with Gasteiger partial charge in [-0.25, -0.2) is 9.97 Å². The van der Waals surface area contributed by atoms with E-state index >= 15 is 0 Å². The molecule has 2 aromatic heterocycles. The first kappa shape index (κ1) is 15.0. The minimum absolute atomic E-state index is 0.637. The third kappa shape index (κ3) is 3.81. The molecule has 21 heavy (non-hydrogen) atoms. The van der Waals surface area contributed by atoms with Crippen molar-refractivity contribution in [3.8, 4) is 5.75 Å². The Hall–Kier alpha value is -2.37. The van der Waals surface area contributed by atoms with E-state index in [4.69, 9.17) is 4.74 Å². The molecule has 2 aromatic rings. The summed E-state index contributed by atoms with van der Waals surface area (Å²) in [4.78, 5) is 12.6. The summed E-state index contributed by atoms with van der Waals surface area (Å²) in [6.07, 6.45) is 6.19. The molecular formula is C15H21N5O. The number of nitrogens with zero attached hydrogens (tertiary/aromatic N) is 3. The van der Waals surface area contributed by atoms with Gasteiger partial charge in [-0.3, -0.25) is 4.98 Å². The third-order valence-electron chi connectivity index (χ3n) is 3.13. The van der Waals surface area contributed by atoms with Crippen LogP contribution in [0.4, 0.5) is 11.6 Å². The fraction of sp³-hybridized carbons (Fsp3) is 0.400. The second-order valence-electron chi connectivity index (χ2n) is 4.69. The Morgan fingerprint density at radius 1 is 1.19 bits per heavy atom. The number of aromatic nitrogens is 3. The molecule has 0 saturated heterocycles. The summed E-state index contributed by atoms with van der Waals surface area (Å²) < 4.78 is 5.43. The van der Waals surface area contributed by atoms with Crippen molar-refractivity contribution < 1.29 is 4.74 Å². The van der Waals surface area contributed by atoms with Crippen LogP contribution >= 0.6 is 0 Å². The SMILES string of the molecule is CCCNc1ncnc(NCc2ccncc2C)c1OC. The maximum atomic E-state index is 5.43. The molecule has 6 heteroatoms. The van der Waals surface area contributed by atoms with E-state index in [1.54, 1.807) is 13.3 Å². The van der Waals surface area contributed by atoms with Crippen molar-refractivity contribution in [3.05, 3.63) is 35.9 Å². The van der Waals surface area contributed by atoms with Crippen LogP contribution in [0.25, 0.3) is 0 Å². The van der Waals surface area contributed by atoms with Gasteiger partial charge in [0.15, 0.2) is 11.6 Å². The first-order chi connectivity index (χ1) is 10.3. The number of methoxy groups -OCH3 is 1. The maximum Gasteiger partial charge on any atom is 0.204 e. The quantitative estimate of drug-likeness (QED) is 0.815. The highest BCUT2D eigenvalue weighted by atomic mass is 16.5. The van der Waals surface area contributed by atoms with Crippen LogP contribution in [0.15, 0.2) is 24.8 Å². The van der Waals surface area contributed by atoms with Gasteiger partial charge in [-0.15, -0.1) is 0 Å². The monoisotopic (exact) mass is 287 g/mol. The highest BCUT2D eigenvalue weighted by Crippen LogP contribution is 2.29. The Kier molecular flexibility index (Phi) is 5.31. The van der Waals surface area contributed by atoms with Gasteiger partial charge in [-0.2, -0.15) is 0 Å². The van der Waals surface area contributed by atoms with Crippen molar-refractivity contribution in [1.82, 2.24) is 15.0 Å². The Balaban J connectivity index is 2.14. The second kappa shape index (κ2) is 7.42. The van der Waals surface area contributed by atoms with Gasteiger partial charge in [0.2, 0.25) is 5.75 Å². The van der Waals surface area contributed by atoms with Gasteiger partial charge >= 0.3 is 0 Å². The molecule has 0 fully saturated rings. The molecule has 2 rings (SSSR count). The lowest BCUT2D eigenvalue weighted by Crippen LogP contribution is -2.09. The first-order valence-corrected chi connectivity index (χ1v) is 7.02. The molecule has 112 valence electrons. The summed E-state index contributed by atoms with van der Waals surface area (Å²) >= 11 is 0. The summed E-state index contributed by atoms with van der Waals surface area (Å²) in [6, 6.07) is 1.99. The lowest BCUT2D eigenvalue weighted by molar-refractivity contribution is 0.414. The van der Waals surface area contributed by atoms with Crippen LogP contribution < -0.4 is 15.4 Å². The molecule has 0 aliphatic heterocycles. The summed E-state index contributed by atoms with van der Waals surface area (Å²) in [6.45, 7) is 5.65. The molecular weight excluding hydrogens is 266 g/mol. The number of aryl methyl sites for hydroxylation is 1. The minimum Gasteiger partial charge on any atom is -0.490 e. The van der Waals surface area contributed by atoms with Crippen molar-refractivity contribution in [2.24, 2.45) is 0 Å². The molecule has 0 atom stereocenters. The molecule has 0 saturated carbocycles. The standard InChI is InChI=1S/C15H21N5O/c1-4-6-17-14-13(21-3)15(20-10-19-14)18-9-12-5-7-16-8-11(12)2/h5,7-8,10H,4,6,9H2,1-3H3,(H2,17,18,19,20). The fourth-order valence-electron chi connectivity index (χ4n) is 1.94. The van der Waals surface area contributed by atoms with E-state index in [9.17, 15) is 0 Å². The number of pyridine rings is 1. The molecule has 0 unspecified atom stereocenters. The van der Waals surface area contributed by atoms with Crippen LogP contribution in [0, 0.1) is 6.92 Å². The van der Waals surface area contributed by atoms with Crippen LogP contribution in [-0.4, -0.2) is 28.6 Å². The second-order valence-corrected chi connectivity index (χ2v) is 4.69. The fourth-order valence-corrected chi connectivity index (χ4v) is 1.94. The van der Waals surface area contributed by atoms with Crippen molar-refractivity contribution in [2.45, 2.75) is 26.8 Å². The maximum absolute atomic E-state index is 5.43. The Bertz CT molecular complexity index is 588. The number of nitrogens with one attached hydrogen (secondary N) is 2. The van der Waals surface area contributed by atoms with Crippen LogP contribution in [-0.2, 0) is 6.54 Å². The molecule has 0 aliphatic carbocycles. The number of anilines is 2. The molecule has 0 radical (unpaired) electrons. The summed E-state index contributed by atoms with van der Waals surface area (Å²) in [5.74, 6) is 2.03. The van der Waals surface area contributed by atoms with E-state index in [0.29, 0.717) is 23.9 Å². The average molecular weight is 287 g/mol. The van der Waals surface area contributed by atoms with Crippen LogP contribution in [0.1, 0.15) is 24.5 Å². The molecule has 2 N–H and O–H groups in total. The number of hydrogen-bond donors (Lipinski definition) is 2. The van der Waals surface area contributed by atoms with Crippen LogP contribution in [0.5, 0.6) is 5.75 Å². The zero-order valence-electron chi connectivity index (χ0n) is 12.7. The summed E-state index contributed by atoms with van der Waals surface area (Å²) in [5.41, 5.74) is 2.32. The molecule has 0 aromatic carbocycles. The van der Waals surface area contributed by atoms with Gasteiger partial charge in [0.1, 0.15) is 6.33 Å². The van der Waals surface area contributed by atoms with E-state index in [0.717, 1.165) is 18.5 Å². The number of hydrogen-bond acceptors (Lipinski definition) is 6. The van der Waals surface area contributed by atoms with E-state index < -0.39 is 0 Å². The molecule has 6 nitrogen and oxygen atoms in total. The Morgan fingerprint density at radius 3 is 2.62 bits per heavy atom. The predicted molar refractivity (Wildman–Crippen MR) is 83.7 cm³/mol. The summed E-state index contributed by atoms with van der Waals surface area (Å²) in [5, 5.41) is 6.53. The van der Waals surface area contributed by atoms with Gasteiger partial charge < -0.3 is 15.4 Å². The zero-order valence-corrected chi connectivity index (χ0v) is 12.7. The highest BCUT2D eigenvalue weighted by molar-refractivity contribution is 5.63. The van der Waals surface area contributed by atoms with Crippen molar-refractivity contribution in [2.75, 3.05) is 24.3 Å². The van der Waals surface area contributed by atoms with Gasteiger partial charge in [0.25, 0.3) is 0 Å². The lowest BCUT2D eigenvalue weighted by atomic mass is 10.1. The number of rotatable bonds is 7. The van der Waals surface area contributed by atoms with E-state index in [1.165, 1.54) is 11.9 Å². The molecule has 0 amide bonds. The van der Waals surface area contributed by atoms with E-state index in [-0.39, 0.29) is 0 Å². The normalized spacial score (nSPS) is 10.2. The smallest absolute Gasteiger partial charge is 0.204 e. The minimum atomic E-state index is 0.637. The largest absolute Gasteiger partial charge is 0.490 e. The van der Waals surface area contributed by atoms with Gasteiger partial charge in [-0.1, -0.05) is 6.92 Å². The van der Waals surface area contributed by atoms with E-state index in [1.807, 2.05) is 19.2 Å². The predicted octanol–water partition coefficient (Wildman–Crippen LogP) is 2.62. The Labute approximate surface area is 125 Å². The van der Waals surface area contributed by atoms with Gasteiger partial charge in [0.05, 0.1) is 7.11 Å². The molecule has 0 spiro atoms. The number of ether oxygens (including phenoxy) is 1. The lowest BCUT2D eigenvalue weighted by Gasteiger charge is -2.14. The molecule has 0 aliphatic rings. The topological polar surface area (TPSA) is 72.0 Å². The molecule has 0 bridgehead atoms. The van der Waals surface area contributed by atoms with Crippen molar-refractivity contribution in [1.29, 1.82) is 0 Å². The van der Waals surface area contributed by atoms with Crippen molar-refractivity contribution >= 4 is 11.6 Å². The van der Waals surface area contributed by atoms with Crippen LogP contribution in [0.2, 0.25) is 0 Å².